The third-order valence-electron chi connectivity index (χ3n) is 3.32. The van der Waals surface area contributed by atoms with Gasteiger partial charge in [0.2, 0.25) is 0 Å². The molecular weight excluding hydrogens is 216 g/mol. The molecule has 0 amide bonds. The summed E-state index contributed by atoms with van der Waals surface area (Å²) < 4.78 is 2.19. The maximum absolute atomic E-state index is 9.05. The van der Waals surface area contributed by atoms with E-state index in [-0.39, 0.29) is 6.61 Å². The Balaban J connectivity index is 1.99. The van der Waals surface area contributed by atoms with E-state index in [2.05, 4.69) is 19.9 Å². The molecule has 3 rings (SSSR count). The van der Waals surface area contributed by atoms with Crippen LogP contribution in [0.4, 0.5) is 0 Å². The molecule has 0 saturated carbocycles. The Labute approximate surface area is 99.5 Å². The topological polar surface area (TPSA) is 63.0 Å². The van der Waals surface area contributed by atoms with Crippen LogP contribution in [0.2, 0.25) is 0 Å². The highest BCUT2D eigenvalue weighted by Gasteiger charge is 2.17. The van der Waals surface area contributed by atoms with Gasteiger partial charge in [0.05, 0.1) is 24.1 Å². The SMILES string of the molecule is OCc1ccc2c(ncn2[C@@H]2CCCNC2)n1. The van der Waals surface area contributed by atoms with E-state index in [1.165, 1.54) is 12.8 Å². The summed E-state index contributed by atoms with van der Waals surface area (Å²) in [5, 5.41) is 12.4. The summed E-state index contributed by atoms with van der Waals surface area (Å²) in [6.07, 6.45) is 4.24. The van der Waals surface area contributed by atoms with E-state index in [9.17, 15) is 0 Å². The fourth-order valence-corrected chi connectivity index (χ4v) is 2.41. The number of nitrogens with one attached hydrogen (secondary N) is 1. The lowest BCUT2D eigenvalue weighted by atomic mass is 10.1. The van der Waals surface area contributed by atoms with E-state index in [0.29, 0.717) is 11.7 Å². The first kappa shape index (κ1) is 10.7. The third kappa shape index (κ3) is 1.92. The molecule has 5 heteroatoms. The number of piperidine rings is 1. The van der Waals surface area contributed by atoms with Gasteiger partial charge in [0, 0.05) is 12.6 Å². The minimum absolute atomic E-state index is 0.0339. The second-order valence-electron chi connectivity index (χ2n) is 4.46. The first-order chi connectivity index (χ1) is 8.38. The number of aliphatic hydroxyl groups excluding tert-OH is 1. The molecule has 1 aliphatic rings. The number of fused-ring (bicyclic) bond motifs is 1. The molecule has 0 unspecified atom stereocenters. The quantitative estimate of drug-likeness (QED) is 0.805. The van der Waals surface area contributed by atoms with Crippen LogP contribution in [0.15, 0.2) is 18.5 Å². The molecule has 0 spiro atoms. The van der Waals surface area contributed by atoms with Gasteiger partial charge in [0.25, 0.3) is 0 Å². The van der Waals surface area contributed by atoms with Crippen LogP contribution in [-0.2, 0) is 6.61 Å². The Kier molecular flexibility index (Phi) is 2.78. The first-order valence-electron chi connectivity index (χ1n) is 6.02. The van der Waals surface area contributed by atoms with Crippen molar-refractivity contribution in [3.8, 4) is 0 Å². The standard InChI is InChI=1S/C12H16N4O/c17-7-9-3-4-11-12(15-9)14-8-16(11)10-2-1-5-13-6-10/h3-4,8,10,13,17H,1-2,5-7H2/t10-/m1/s1. The lowest BCUT2D eigenvalue weighted by molar-refractivity contribution is 0.277. The highest BCUT2D eigenvalue weighted by Crippen LogP contribution is 2.21. The van der Waals surface area contributed by atoms with Crippen molar-refractivity contribution in [1.29, 1.82) is 0 Å². The average molecular weight is 232 g/mol. The van der Waals surface area contributed by atoms with Crippen molar-refractivity contribution in [2.24, 2.45) is 0 Å². The van der Waals surface area contributed by atoms with Gasteiger partial charge >= 0.3 is 0 Å². The molecule has 1 aliphatic heterocycles. The van der Waals surface area contributed by atoms with Crippen molar-refractivity contribution < 1.29 is 5.11 Å². The van der Waals surface area contributed by atoms with Crippen molar-refractivity contribution in [2.45, 2.75) is 25.5 Å². The minimum atomic E-state index is -0.0339. The summed E-state index contributed by atoms with van der Waals surface area (Å²) in [7, 11) is 0. The summed E-state index contributed by atoms with van der Waals surface area (Å²) in [5.74, 6) is 0. The third-order valence-corrected chi connectivity index (χ3v) is 3.32. The van der Waals surface area contributed by atoms with Crippen LogP contribution in [0.1, 0.15) is 24.6 Å². The molecule has 17 heavy (non-hydrogen) atoms. The van der Waals surface area contributed by atoms with Crippen LogP contribution in [0.3, 0.4) is 0 Å². The molecule has 1 fully saturated rings. The fourth-order valence-electron chi connectivity index (χ4n) is 2.41. The van der Waals surface area contributed by atoms with Gasteiger partial charge in [-0.3, -0.25) is 0 Å². The van der Waals surface area contributed by atoms with Gasteiger partial charge in [-0.15, -0.1) is 0 Å². The zero-order valence-corrected chi connectivity index (χ0v) is 9.63. The maximum atomic E-state index is 9.05. The second kappa shape index (κ2) is 4.43. The van der Waals surface area contributed by atoms with Crippen LogP contribution in [-0.4, -0.2) is 32.7 Å². The minimum Gasteiger partial charge on any atom is -0.390 e. The van der Waals surface area contributed by atoms with Crippen LogP contribution < -0.4 is 5.32 Å². The number of imidazole rings is 1. The maximum Gasteiger partial charge on any atom is 0.177 e. The predicted octanol–water partition coefficient (Wildman–Crippen LogP) is 0.848. The van der Waals surface area contributed by atoms with Crippen LogP contribution in [0, 0.1) is 0 Å². The van der Waals surface area contributed by atoms with Gasteiger partial charge in [-0.2, -0.15) is 0 Å². The molecule has 1 atom stereocenters. The molecule has 2 aromatic rings. The van der Waals surface area contributed by atoms with Gasteiger partial charge in [0.1, 0.15) is 0 Å². The highest BCUT2D eigenvalue weighted by atomic mass is 16.3. The lowest BCUT2D eigenvalue weighted by Gasteiger charge is -2.24. The van der Waals surface area contributed by atoms with E-state index >= 15 is 0 Å². The van der Waals surface area contributed by atoms with Crippen molar-refractivity contribution in [3.63, 3.8) is 0 Å². The van der Waals surface area contributed by atoms with E-state index in [4.69, 9.17) is 5.11 Å². The van der Waals surface area contributed by atoms with Crippen LogP contribution >= 0.6 is 0 Å². The van der Waals surface area contributed by atoms with Crippen molar-refractivity contribution in [2.75, 3.05) is 13.1 Å². The number of pyridine rings is 1. The second-order valence-corrected chi connectivity index (χ2v) is 4.46. The molecule has 1 saturated heterocycles. The number of rotatable bonds is 2. The zero-order valence-electron chi connectivity index (χ0n) is 9.63. The molecule has 90 valence electrons. The van der Waals surface area contributed by atoms with Gasteiger partial charge in [-0.1, -0.05) is 0 Å². The molecule has 5 nitrogen and oxygen atoms in total. The molecule has 2 aromatic heterocycles. The van der Waals surface area contributed by atoms with E-state index in [1.54, 1.807) is 0 Å². The number of aromatic nitrogens is 3. The normalized spacial score (nSPS) is 20.9. The number of aliphatic hydroxyl groups is 1. The van der Waals surface area contributed by atoms with E-state index in [0.717, 1.165) is 24.3 Å². The largest absolute Gasteiger partial charge is 0.390 e. The van der Waals surface area contributed by atoms with Gasteiger partial charge in [-0.25, -0.2) is 9.97 Å². The molecule has 0 aliphatic carbocycles. The number of hydrogen-bond acceptors (Lipinski definition) is 4. The smallest absolute Gasteiger partial charge is 0.177 e. The highest BCUT2D eigenvalue weighted by molar-refractivity contribution is 5.71. The predicted molar refractivity (Wildman–Crippen MR) is 64.6 cm³/mol. The Hall–Kier alpha value is -1.46. The molecule has 3 heterocycles. The van der Waals surface area contributed by atoms with Crippen molar-refractivity contribution in [3.05, 3.63) is 24.2 Å². The van der Waals surface area contributed by atoms with E-state index < -0.39 is 0 Å². The summed E-state index contributed by atoms with van der Waals surface area (Å²) in [6, 6.07) is 4.32. The Morgan fingerprint density at radius 1 is 1.47 bits per heavy atom. The summed E-state index contributed by atoms with van der Waals surface area (Å²) in [4.78, 5) is 8.62. The molecule has 0 bridgehead atoms. The van der Waals surface area contributed by atoms with Crippen LogP contribution in [0.5, 0.6) is 0 Å². The number of nitrogens with zero attached hydrogens (tertiary/aromatic N) is 3. The molecule has 0 radical (unpaired) electrons. The Morgan fingerprint density at radius 2 is 2.41 bits per heavy atom. The molecule has 2 N–H and O–H groups in total. The zero-order chi connectivity index (χ0) is 11.7. The average Bonchev–Trinajstić information content (AvgIpc) is 2.82. The van der Waals surface area contributed by atoms with E-state index in [1.807, 2.05) is 18.5 Å². The fraction of sp³-hybridized carbons (Fsp3) is 0.500. The van der Waals surface area contributed by atoms with Crippen molar-refractivity contribution >= 4 is 11.2 Å². The van der Waals surface area contributed by atoms with Gasteiger partial charge in [-0.05, 0) is 31.5 Å². The molecule has 0 aromatic carbocycles. The van der Waals surface area contributed by atoms with Crippen LogP contribution in [0.25, 0.3) is 11.2 Å². The molecular formula is C12H16N4O. The summed E-state index contributed by atoms with van der Waals surface area (Å²) in [5.41, 5.74) is 2.45. The summed E-state index contributed by atoms with van der Waals surface area (Å²) in [6.45, 7) is 2.07. The first-order valence-corrected chi connectivity index (χ1v) is 6.02. The Morgan fingerprint density at radius 3 is 3.18 bits per heavy atom. The van der Waals surface area contributed by atoms with Gasteiger partial charge in [0.15, 0.2) is 5.65 Å². The Bertz CT molecular complexity index is 516. The van der Waals surface area contributed by atoms with Crippen molar-refractivity contribution in [1.82, 2.24) is 19.9 Å². The summed E-state index contributed by atoms with van der Waals surface area (Å²) >= 11 is 0. The monoisotopic (exact) mass is 232 g/mol. The number of hydrogen-bond donors (Lipinski definition) is 2. The lowest BCUT2D eigenvalue weighted by Crippen LogP contribution is -2.31. The van der Waals surface area contributed by atoms with Gasteiger partial charge < -0.3 is 15.0 Å².